The summed E-state index contributed by atoms with van der Waals surface area (Å²) >= 11 is 6.17. The van der Waals surface area contributed by atoms with Crippen LogP contribution in [0.15, 0.2) is 47.5 Å². The summed E-state index contributed by atoms with van der Waals surface area (Å²) in [6.07, 6.45) is 1.20. The van der Waals surface area contributed by atoms with Crippen LogP contribution in [0.4, 0.5) is 0 Å². The summed E-state index contributed by atoms with van der Waals surface area (Å²) in [5.74, 6) is -0.400. The van der Waals surface area contributed by atoms with Gasteiger partial charge >= 0.3 is 0 Å². The first-order valence-corrected chi connectivity index (χ1v) is 10.7. The predicted octanol–water partition coefficient (Wildman–Crippen LogP) is 2.46. The van der Waals surface area contributed by atoms with E-state index in [2.05, 4.69) is 10.3 Å². The Kier molecular flexibility index (Phi) is 6.34. The van der Waals surface area contributed by atoms with Crippen LogP contribution in [0.5, 0.6) is 0 Å². The summed E-state index contributed by atoms with van der Waals surface area (Å²) in [7, 11) is -3.85. The van der Waals surface area contributed by atoms with Gasteiger partial charge in [-0.1, -0.05) is 17.7 Å². The summed E-state index contributed by atoms with van der Waals surface area (Å²) < 4.78 is 33.1. The van der Waals surface area contributed by atoms with Gasteiger partial charge in [-0.05, 0) is 44.2 Å². The van der Waals surface area contributed by atoms with Crippen LogP contribution in [-0.2, 0) is 21.3 Å². The zero-order chi connectivity index (χ0) is 20.3. The third-order valence-corrected chi connectivity index (χ3v) is 6.67. The van der Waals surface area contributed by atoms with E-state index in [-0.39, 0.29) is 47.3 Å². The standard InChI is InChI=1S/C19H22ClN3O4S/c1-13-11-23(12-14(2)27-13)28(25,26)18-9-15(6-7-17(18)20)19(24)22-10-16-5-3-4-8-21-16/h3-9,13-14H,10-12H2,1-2H3,(H,22,24)/t13-,14-/m0/s1. The van der Waals surface area contributed by atoms with Gasteiger partial charge in [-0.2, -0.15) is 4.31 Å². The van der Waals surface area contributed by atoms with Crippen molar-refractivity contribution < 1.29 is 17.9 Å². The SMILES string of the molecule is C[C@H]1CN(S(=O)(=O)c2cc(C(=O)NCc3ccccn3)ccc2Cl)C[C@H](C)O1. The molecule has 2 heterocycles. The van der Waals surface area contributed by atoms with Crippen LogP contribution in [0.3, 0.4) is 0 Å². The van der Waals surface area contributed by atoms with E-state index in [1.165, 1.54) is 22.5 Å². The molecule has 0 aliphatic carbocycles. The van der Waals surface area contributed by atoms with Gasteiger partial charge < -0.3 is 10.1 Å². The molecule has 1 aliphatic heterocycles. The summed E-state index contributed by atoms with van der Waals surface area (Å²) in [6.45, 7) is 4.35. The molecule has 3 rings (SSSR count). The van der Waals surface area contributed by atoms with Crippen molar-refractivity contribution in [3.8, 4) is 0 Å². The van der Waals surface area contributed by atoms with Crippen molar-refractivity contribution >= 4 is 27.5 Å². The fourth-order valence-corrected chi connectivity index (χ4v) is 5.17. The number of sulfonamides is 1. The molecule has 1 aromatic heterocycles. The lowest BCUT2D eigenvalue weighted by Crippen LogP contribution is -2.48. The Hall–Kier alpha value is -2.00. The summed E-state index contributed by atoms with van der Waals surface area (Å²) in [6, 6.07) is 9.65. The number of morpholine rings is 1. The van der Waals surface area contributed by atoms with Crippen LogP contribution in [0.1, 0.15) is 29.9 Å². The number of nitrogens with one attached hydrogen (secondary N) is 1. The molecule has 0 unspecified atom stereocenters. The minimum atomic E-state index is -3.85. The number of hydrogen-bond acceptors (Lipinski definition) is 5. The number of benzene rings is 1. The summed E-state index contributed by atoms with van der Waals surface area (Å²) in [4.78, 5) is 16.5. The average Bonchev–Trinajstić information content (AvgIpc) is 2.66. The zero-order valence-corrected chi connectivity index (χ0v) is 17.2. The van der Waals surface area contributed by atoms with Gasteiger partial charge in [0.25, 0.3) is 5.91 Å². The smallest absolute Gasteiger partial charge is 0.251 e. The Morgan fingerprint density at radius 3 is 2.61 bits per heavy atom. The second-order valence-electron chi connectivity index (χ2n) is 6.73. The number of rotatable bonds is 5. The highest BCUT2D eigenvalue weighted by atomic mass is 35.5. The Balaban J connectivity index is 1.81. The van der Waals surface area contributed by atoms with Gasteiger partial charge in [-0.25, -0.2) is 8.42 Å². The molecule has 2 aromatic rings. The van der Waals surface area contributed by atoms with E-state index in [0.29, 0.717) is 5.69 Å². The van der Waals surface area contributed by atoms with Crippen LogP contribution < -0.4 is 5.32 Å². The third kappa shape index (κ3) is 4.70. The number of halogens is 1. The number of ether oxygens (including phenoxy) is 1. The molecular weight excluding hydrogens is 402 g/mol. The maximum Gasteiger partial charge on any atom is 0.251 e. The van der Waals surface area contributed by atoms with Crippen molar-refractivity contribution in [1.82, 2.24) is 14.6 Å². The van der Waals surface area contributed by atoms with E-state index in [4.69, 9.17) is 16.3 Å². The molecule has 9 heteroatoms. The lowest BCUT2D eigenvalue weighted by atomic mass is 10.2. The van der Waals surface area contributed by atoms with E-state index in [1.807, 2.05) is 19.9 Å². The second-order valence-corrected chi connectivity index (χ2v) is 9.04. The highest BCUT2D eigenvalue weighted by Gasteiger charge is 2.33. The topological polar surface area (TPSA) is 88.6 Å². The highest BCUT2D eigenvalue weighted by molar-refractivity contribution is 7.89. The van der Waals surface area contributed by atoms with Crippen LogP contribution in [-0.4, -0.2) is 48.9 Å². The van der Waals surface area contributed by atoms with Gasteiger partial charge in [0.2, 0.25) is 10.0 Å². The number of hydrogen-bond donors (Lipinski definition) is 1. The van der Waals surface area contributed by atoms with Crippen LogP contribution in [0, 0.1) is 0 Å². The van der Waals surface area contributed by atoms with Crippen molar-refractivity contribution in [3.05, 3.63) is 58.9 Å². The number of pyridine rings is 1. The molecule has 0 bridgehead atoms. The molecule has 2 atom stereocenters. The third-order valence-electron chi connectivity index (χ3n) is 4.35. The number of aromatic nitrogens is 1. The van der Waals surface area contributed by atoms with E-state index in [9.17, 15) is 13.2 Å². The van der Waals surface area contributed by atoms with Crippen LogP contribution in [0.25, 0.3) is 0 Å². The predicted molar refractivity (Wildman–Crippen MR) is 106 cm³/mol. The van der Waals surface area contributed by atoms with Crippen molar-refractivity contribution in [3.63, 3.8) is 0 Å². The van der Waals surface area contributed by atoms with Gasteiger partial charge in [-0.3, -0.25) is 9.78 Å². The molecule has 1 amide bonds. The molecule has 0 saturated carbocycles. The first-order valence-electron chi connectivity index (χ1n) is 8.90. The van der Waals surface area contributed by atoms with Gasteiger partial charge in [0.1, 0.15) is 4.90 Å². The van der Waals surface area contributed by atoms with Crippen molar-refractivity contribution in [2.24, 2.45) is 0 Å². The van der Waals surface area contributed by atoms with E-state index < -0.39 is 15.9 Å². The number of nitrogens with zero attached hydrogens (tertiary/aromatic N) is 2. The zero-order valence-electron chi connectivity index (χ0n) is 15.6. The quantitative estimate of drug-likeness (QED) is 0.798. The molecule has 7 nitrogen and oxygen atoms in total. The first-order chi connectivity index (χ1) is 13.3. The van der Waals surface area contributed by atoms with Crippen molar-refractivity contribution in [2.75, 3.05) is 13.1 Å². The highest BCUT2D eigenvalue weighted by Crippen LogP contribution is 2.28. The normalized spacial score (nSPS) is 20.7. The van der Waals surface area contributed by atoms with Gasteiger partial charge in [0.05, 0.1) is 29.5 Å². The summed E-state index contributed by atoms with van der Waals surface area (Å²) in [5, 5.41) is 2.81. The van der Waals surface area contributed by atoms with E-state index in [0.717, 1.165) is 0 Å². The molecule has 0 spiro atoms. The number of carbonyl (C=O) groups is 1. The first kappa shape index (κ1) is 20.7. The molecule has 1 aromatic carbocycles. The Labute approximate surface area is 169 Å². The van der Waals surface area contributed by atoms with Crippen molar-refractivity contribution in [1.29, 1.82) is 0 Å². The molecule has 1 saturated heterocycles. The minimum absolute atomic E-state index is 0.0769. The van der Waals surface area contributed by atoms with Crippen molar-refractivity contribution in [2.45, 2.75) is 37.5 Å². The summed E-state index contributed by atoms with van der Waals surface area (Å²) in [5.41, 5.74) is 0.919. The maximum atomic E-state index is 13.1. The number of amides is 1. The van der Waals surface area contributed by atoms with Gasteiger partial charge in [0, 0.05) is 24.8 Å². The molecular formula is C19H22ClN3O4S. The molecule has 1 N–H and O–H groups in total. The molecule has 28 heavy (non-hydrogen) atoms. The Bertz CT molecular complexity index is 943. The second kappa shape index (κ2) is 8.57. The number of carbonyl (C=O) groups excluding carboxylic acids is 1. The molecule has 1 aliphatic rings. The largest absolute Gasteiger partial charge is 0.373 e. The Morgan fingerprint density at radius 2 is 1.96 bits per heavy atom. The molecule has 0 radical (unpaired) electrons. The van der Waals surface area contributed by atoms with Gasteiger partial charge in [-0.15, -0.1) is 0 Å². The maximum absolute atomic E-state index is 13.1. The molecule has 150 valence electrons. The van der Waals surface area contributed by atoms with Gasteiger partial charge in [0.15, 0.2) is 0 Å². The van der Waals surface area contributed by atoms with Crippen LogP contribution >= 0.6 is 11.6 Å². The Morgan fingerprint density at radius 1 is 1.25 bits per heavy atom. The fraction of sp³-hybridized carbons (Fsp3) is 0.368. The monoisotopic (exact) mass is 423 g/mol. The van der Waals surface area contributed by atoms with Crippen LogP contribution in [0.2, 0.25) is 5.02 Å². The lowest BCUT2D eigenvalue weighted by molar-refractivity contribution is -0.0440. The molecule has 1 fully saturated rings. The van der Waals surface area contributed by atoms with E-state index in [1.54, 1.807) is 18.3 Å². The van der Waals surface area contributed by atoms with E-state index >= 15 is 0 Å². The average molecular weight is 424 g/mol. The fourth-order valence-electron chi connectivity index (χ4n) is 3.08. The minimum Gasteiger partial charge on any atom is -0.373 e. The lowest BCUT2D eigenvalue weighted by Gasteiger charge is -2.34.